The van der Waals surface area contributed by atoms with Crippen molar-refractivity contribution in [3.8, 4) is 5.75 Å². The Morgan fingerprint density at radius 2 is 1.53 bits per heavy atom. The number of rotatable bonds is 2. The zero-order valence-corrected chi connectivity index (χ0v) is 9.34. The summed E-state index contributed by atoms with van der Waals surface area (Å²) in [6.07, 6.45) is 0. The third-order valence-electron chi connectivity index (χ3n) is 1.70. The van der Waals surface area contributed by atoms with Crippen molar-refractivity contribution >= 4 is 61.5 Å². The van der Waals surface area contributed by atoms with Crippen LogP contribution < -0.4 is 4.18 Å². The topological polar surface area (TPSA) is 43.4 Å². The molecule has 3 nitrogen and oxygen atoms in total. The molecule has 0 aliphatic rings. The summed E-state index contributed by atoms with van der Waals surface area (Å²) in [7, 11) is -3.55. The molecule has 0 aromatic heterocycles. The van der Waals surface area contributed by atoms with Crippen LogP contribution in [0.4, 0.5) is 0 Å². The molecule has 0 N–H and O–H groups in total. The normalized spacial score (nSPS) is 11.7. The summed E-state index contributed by atoms with van der Waals surface area (Å²) in [5, 5.41) is 0. The van der Waals surface area contributed by atoms with Gasteiger partial charge in [0, 0.05) is 0 Å². The fourth-order valence-electron chi connectivity index (χ4n) is 0.728. The van der Waals surface area contributed by atoms with Crippen molar-refractivity contribution in [2.24, 2.45) is 0 Å². The number of para-hydroxylation sites is 1. The molecule has 0 unspecified atom stereocenters. The summed E-state index contributed by atoms with van der Waals surface area (Å²) >= 11 is 0. The standard InChI is InChI=1S/C10H14O3S.K.H/c1-10(2,3)14(11,12)13-9-7-5-4-6-8-9;;/h4-8H,1-3H3;;. The molecule has 0 radical (unpaired) electrons. The first-order valence-corrected chi connectivity index (χ1v) is 5.73. The van der Waals surface area contributed by atoms with Gasteiger partial charge in [-0.2, -0.15) is 8.42 Å². The molecular weight excluding hydrogens is 239 g/mol. The zero-order valence-electron chi connectivity index (χ0n) is 8.52. The van der Waals surface area contributed by atoms with Gasteiger partial charge < -0.3 is 4.18 Å². The molecule has 0 aliphatic heterocycles. The Labute approximate surface area is 134 Å². The van der Waals surface area contributed by atoms with E-state index in [0.717, 1.165) is 0 Å². The number of hydrogen-bond acceptors (Lipinski definition) is 3. The Morgan fingerprint density at radius 1 is 1.07 bits per heavy atom. The van der Waals surface area contributed by atoms with Crippen LogP contribution in [0.5, 0.6) is 5.75 Å². The predicted molar refractivity (Wildman–Crippen MR) is 62.9 cm³/mol. The first-order valence-electron chi connectivity index (χ1n) is 4.32. The van der Waals surface area contributed by atoms with Gasteiger partial charge in [-0.25, -0.2) is 0 Å². The molecule has 80 valence electrons. The van der Waals surface area contributed by atoms with Gasteiger partial charge in [0.1, 0.15) is 5.75 Å². The van der Waals surface area contributed by atoms with Crippen LogP contribution in [0, 0.1) is 0 Å². The van der Waals surface area contributed by atoms with Crippen LogP contribution in [-0.4, -0.2) is 64.5 Å². The van der Waals surface area contributed by atoms with E-state index >= 15 is 0 Å². The molecule has 0 aliphatic carbocycles. The summed E-state index contributed by atoms with van der Waals surface area (Å²) in [5.74, 6) is 0.349. The van der Waals surface area contributed by atoms with Gasteiger partial charge in [0.05, 0.1) is 4.75 Å². The summed E-state index contributed by atoms with van der Waals surface area (Å²) in [5.41, 5.74) is 0. The third-order valence-corrected chi connectivity index (χ3v) is 3.61. The van der Waals surface area contributed by atoms with Crippen molar-refractivity contribution in [3.63, 3.8) is 0 Å². The molecule has 0 fully saturated rings. The molecule has 0 saturated heterocycles. The minimum absolute atomic E-state index is 0. The molecule has 1 rings (SSSR count). The van der Waals surface area contributed by atoms with Crippen LogP contribution in [0.1, 0.15) is 20.8 Å². The molecule has 15 heavy (non-hydrogen) atoms. The van der Waals surface area contributed by atoms with Gasteiger partial charge in [0.15, 0.2) is 0 Å². The molecule has 0 spiro atoms. The van der Waals surface area contributed by atoms with Crippen molar-refractivity contribution in [1.29, 1.82) is 0 Å². The second-order valence-electron chi connectivity index (χ2n) is 3.96. The Hall–Kier alpha value is 0.606. The minimum atomic E-state index is -3.55. The molecule has 0 saturated carbocycles. The molecule has 1 aromatic rings. The fourth-order valence-corrected chi connectivity index (χ4v) is 1.34. The van der Waals surface area contributed by atoms with E-state index in [1.165, 1.54) is 0 Å². The van der Waals surface area contributed by atoms with E-state index < -0.39 is 14.9 Å². The van der Waals surface area contributed by atoms with Crippen LogP contribution in [0.3, 0.4) is 0 Å². The molecule has 0 amide bonds. The van der Waals surface area contributed by atoms with Gasteiger partial charge in [0.2, 0.25) is 0 Å². The van der Waals surface area contributed by atoms with E-state index in [1.807, 2.05) is 0 Å². The van der Waals surface area contributed by atoms with Crippen molar-refractivity contribution in [2.45, 2.75) is 25.5 Å². The van der Waals surface area contributed by atoms with E-state index in [0.29, 0.717) is 5.75 Å². The third kappa shape index (κ3) is 4.54. The second kappa shape index (κ2) is 5.79. The van der Waals surface area contributed by atoms with E-state index in [9.17, 15) is 8.42 Å². The molecule has 1 aromatic carbocycles. The molecule has 5 heteroatoms. The Balaban J connectivity index is 0.00000196. The van der Waals surface area contributed by atoms with Crippen LogP contribution in [0.2, 0.25) is 0 Å². The monoisotopic (exact) mass is 254 g/mol. The molecule has 0 bridgehead atoms. The zero-order chi connectivity index (χ0) is 10.8. The van der Waals surface area contributed by atoms with Crippen LogP contribution in [0.25, 0.3) is 0 Å². The molecule has 0 heterocycles. The average Bonchev–Trinajstić information content (AvgIpc) is 2.03. The maximum atomic E-state index is 11.6. The number of hydrogen-bond donors (Lipinski definition) is 0. The average molecular weight is 254 g/mol. The van der Waals surface area contributed by atoms with E-state index in [2.05, 4.69) is 0 Å². The maximum absolute atomic E-state index is 11.6. The van der Waals surface area contributed by atoms with Gasteiger partial charge in [-0.15, -0.1) is 0 Å². The van der Waals surface area contributed by atoms with Gasteiger partial charge in [-0.1, -0.05) is 18.2 Å². The van der Waals surface area contributed by atoms with E-state index in [-0.39, 0.29) is 51.4 Å². The van der Waals surface area contributed by atoms with E-state index in [1.54, 1.807) is 51.1 Å². The Kier molecular flexibility index (Phi) is 6.03. The molecule has 0 atom stereocenters. The van der Waals surface area contributed by atoms with Gasteiger partial charge in [-0.05, 0) is 32.9 Å². The first kappa shape index (κ1) is 15.6. The van der Waals surface area contributed by atoms with E-state index in [4.69, 9.17) is 4.18 Å². The van der Waals surface area contributed by atoms with Crippen LogP contribution >= 0.6 is 0 Å². The van der Waals surface area contributed by atoms with Crippen molar-refractivity contribution in [1.82, 2.24) is 0 Å². The van der Waals surface area contributed by atoms with Crippen molar-refractivity contribution in [3.05, 3.63) is 30.3 Å². The van der Waals surface area contributed by atoms with Crippen LogP contribution in [0.15, 0.2) is 30.3 Å². The summed E-state index contributed by atoms with van der Waals surface area (Å²) < 4.78 is 27.2. The van der Waals surface area contributed by atoms with Crippen LogP contribution in [-0.2, 0) is 10.1 Å². The van der Waals surface area contributed by atoms with Gasteiger partial charge in [-0.3, -0.25) is 0 Å². The Morgan fingerprint density at radius 3 is 1.93 bits per heavy atom. The SMILES string of the molecule is CC(C)(C)S(=O)(=O)Oc1ccccc1.[KH]. The predicted octanol–water partition coefficient (Wildman–Crippen LogP) is 1.55. The summed E-state index contributed by atoms with van der Waals surface area (Å²) in [6, 6.07) is 8.49. The fraction of sp³-hybridized carbons (Fsp3) is 0.400. The second-order valence-corrected chi connectivity index (χ2v) is 6.26. The summed E-state index contributed by atoms with van der Waals surface area (Å²) in [4.78, 5) is 0. The summed E-state index contributed by atoms with van der Waals surface area (Å²) in [6.45, 7) is 4.81. The number of benzene rings is 1. The quantitative estimate of drug-likeness (QED) is 0.594. The van der Waals surface area contributed by atoms with Crippen molar-refractivity contribution in [2.75, 3.05) is 0 Å². The van der Waals surface area contributed by atoms with Gasteiger partial charge in [0.25, 0.3) is 0 Å². The molecular formula is C10H15KO3S. The Bertz CT molecular complexity index is 392. The van der Waals surface area contributed by atoms with Gasteiger partial charge >= 0.3 is 61.5 Å². The first-order chi connectivity index (χ1) is 6.33. The van der Waals surface area contributed by atoms with Crippen molar-refractivity contribution < 1.29 is 12.6 Å².